The molecule has 0 spiro atoms. The normalized spacial score (nSPS) is 13.4. The quantitative estimate of drug-likeness (QED) is 0.600. The average molecular weight is 298 g/mol. The minimum Gasteiger partial charge on any atom is -0.399 e. The highest BCUT2D eigenvalue weighted by Crippen LogP contribution is 2.23. The van der Waals surface area contributed by atoms with Crippen molar-refractivity contribution >= 4 is 15.7 Å². The fourth-order valence-corrected chi connectivity index (χ4v) is 4.22. The van der Waals surface area contributed by atoms with Gasteiger partial charge in [0.25, 0.3) is 0 Å². The molecule has 0 fully saturated rings. The SMILES string of the molecule is CCCCCC(C)NS(=O)(=O)c1c(C)cc(N)cc1C. The van der Waals surface area contributed by atoms with Gasteiger partial charge >= 0.3 is 0 Å². The predicted octanol–water partition coefficient (Wildman–Crippen LogP) is 3.13. The van der Waals surface area contributed by atoms with Crippen molar-refractivity contribution in [2.45, 2.75) is 64.3 Å². The number of nitrogens with two attached hydrogens (primary N) is 1. The molecule has 0 saturated carbocycles. The van der Waals surface area contributed by atoms with Crippen molar-refractivity contribution in [1.82, 2.24) is 4.72 Å². The van der Waals surface area contributed by atoms with Gasteiger partial charge in [0, 0.05) is 11.7 Å². The second-order valence-corrected chi connectivity index (χ2v) is 7.15. The van der Waals surface area contributed by atoms with E-state index in [4.69, 9.17) is 5.73 Å². The third-order valence-electron chi connectivity index (χ3n) is 3.35. The monoisotopic (exact) mass is 298 g/mol. The zero-order chi connectivity index (χ0) is 15.3. The van der Waals surface area contributed by atoms with Crippen molar-refractivity contribution in [3.63, 3.8) is 0 Å². The Balaban J connectivity index is 2.89. The van der Waals surface area contributed by atoms with E-state index in [2.05, 4.69) is 11.6 Å². The van der Waals surface area contributed by atoms with Gasteiger partial charge in [0.1, 0.15) is 0 Å². The Kier molecular flexibility index (Phi) is 6.02. The molecule has 5 heteroatoms. The van der Waals surface area contributed by atoms with Crippen molar-refractivity contribution in [3.05, 3.63) is 23.3 Å². The van der Waals surface area contributed by atoms with E-state index in [-0.39, 0.29) is 6.04 Å². The Hall–Kier alpha value is -1.07. The second-order valence-electron chi connectivity index (χ2n) is 5.50. The first-order valence-corrected chi connectivity index (χ1v) is 8.65. The molecule has 0 aliphatic heterocycles. The van der Waals surface area contributed by atoms with Gasteiger partial charge in [-0.1, -0.05) is 26.2 Å². The van der Waals surface area contributed by atoms with E-state index in [1.165, 1.54) is 0 Å². The van der Waals surface area contributed by atoms with Crippen LogP contribution in [0.15, 0.2) is 17.0 Å². The van der Waals surface area contributed by atoms with E-state index in [0.29, 0.717) is 21.7 Å². The van der Waals surface area contributed by atoms with Crippen molar-refractivity contribution in [2.24, 2.45) is 0 Å². The number of unbranched alkanes of at least 4 members (excludes halogenated alkanes) is 2. The number of hydrogen-bond acceptors (Lipinski definition) is 3. The Bertz CT molecular complexity index is 530. The summed E-state index contributed by atoms with van der Waals surface area (Å²) < 4.78 is 27.7. The van der Waals surface area contributed by atoms with Gasteiger partial charge in [0.15, 0.2) is 0 Å². The maximum Gasteiger partial charge on any atom is 0.241 e. The highest BCUT2D eigenvalue weighted by atomic mass is 32.2. The molecule has 0 aliphatic carbocycles. The van der Waals surface area contributed by atoms with Crippen LogP contribution in [0.2, 0.25) is 0 Å². The van der Waals surface area contributed by atoms with E-state index in [1.807, 2.05) is 6.92 Å². The first-order valence-electron chi connectivity index (χ1n) is 7.17. The summed E-state index contributed by atoms with van der Waals surface area (Å²) in [4.78, 5) is 0.356. The Morgan fingerprint density at radius 1 is 1.20 bits per heavy atom. The molecular formula is C15H26N2O2S. The fourth-order valence-electron chi connectivity index (χ4n) is 2.49. The van der Waals surface area contributed by atoms with Gasteiger partial charge in [-0.25, -0.2) is 13.1 Å². The highest BCUT2D eigenvalue weighted by Gasteiger charge is 2.21. The number of anilines is 1. The number of sulfonamides is 1. The van der Waals surface area contributed by atoms with Crippen molar-refractivity contribution < 1.29 is 8.42 Å². The molecule has 0 bridgehead atoms. The molecule has 1 rings (SSSR count). The lowest BCUT2D eigenvalue weighted by atomic mass is 10.1. The van der Waals surface area contributed by atoms with Gasteiger partial charge in [-0.3, -0.25) is 0 Å². The molecule has 1 unspecified atom stereocenters. The number of hydrogen-bond donors (Lipinski definition) is 2. The molecule has 1 aromatic carbocycles. The molecule has 0 amide bonds. The second kappa shape index (κ2) is 7.09. The topological polar surface area (TPSA) is 72.2 Å². The van der Waals surface area contributed by atoms with Gasteiger partial charge < -0.3 is 5.73 Å². The molecule has 114 valence electrons. The zero-order valence-corrected chi connectivity index (χ0v) is 13.7. The Morgan fingerprint density at radius 3 is 2.25 bits per heavy atom. The van der Waals surface area contributed by atoms with Crippen LogP contribution in [0.1, 0.15) is 50.7 Å². The summed E-state index contributed by atoms with van der Waals surface area (Å²) in [7, 11) is -3.48. The summed E-state index contributed by atoms with van der Waals surface area (Å²) in [6.07, 6.45) is 4.17. The fraction of sp³-hybridized carbons (Fsp3) is 0.600. The lowest BCUT2D eigenvalue weighted by molar-refractivity contribution is 0.526. The first kappa shape index (κ1) is 17.0. The molecule has 0 aliphatic rings. The van der Waals surface area contributed by atoms with Gasteiger partial charge in [-0.15, -0.1) is 0 Å². The number of aryl methyl sites for hydroxylation is 2. The molecule has 20 heavy (non-hydrogen) atoms. The summed E-state index contributed by atoms with van der Waals surface area (Å²) in [5.41, 5.74) is 7.71. The molecule has 1 aromatic rings. The van der Waals surface area contributed by atoms with E-state index < -0.39 is 10.0 Å². The van der Waals surface area contributed by atoms with E-state index in [0.717, 1.165) is 25.7 Å². The van der Waals surface area contributed by atoms with Crippen LogP contribution in [0.25, 0.3) is 0 Å². The largest absolute Gasteiger partial charge is 0.399 e. The molecule has 1 atom stereocenters. The summed E-state index contributed by atoms with van der Waals surface area (Å²) >= 11 is 0. The lowest BCUT2D eigenvalue weighted by Gasteiger charge is -2.17. The standard InChI is InChI=1S/C15H26N2O2S/c1-5-6-7-8-13(4)17-20(18,19)15-11(2)9-14(16)10-12(15)3/h9-10,13,17H,5-8,16H2,1-4H3. The summed E-state index contributed by atoms with van der Waals surface area (Å²) in [5, 5.41) is 0. The van der Waals surface area contributed by atoms with Crippen LogP contribution < -0.4 is 10.5 Å². The van der Waals surface area contributed by atoms with E-state index in [1.54, 1.807) is 26.0 Å². The molecule has 0 aromatic heterocycles. The lowest BCUT2D eigenvalue weighted by Crippen LogP contribution is -2.33. The van der Waals surface area contributed by atoms with Gasteiger partial charge in [0.05, 0.1) is 4.90 Å². The Morgan fingerprint density at radius 2 is 1.75 bits per heavy atom. The smallest absolute Gasteiger partial charge is 0.241 e. The minimum atomic E-state index is -3.48. The van der Waals surface area contributed by atoms with Crippen LogP contribution >= 0.6 is 0 Å². The maximum absolute atomic E-state index is 12.5. The van der Waals surface area contributed by atoms with Gasteiger partial charge in [0.2, 0.25) is 10.0 Å². The van der Waals surface area contributed by atoms with Crippen LogP contribution in [-0.2, 0) is 10.0 Å². The van der Waals surface area contributed by atoms with E-state index in [9.17, 15) is 8.42 Å². The average Bonchev–Trinajstić information content (AvgIpc) is 2.26. The van der Waals surface area contributed by atoms with Crippen LogP contribution in [-0.4, -0.2) is 14.5 Å². The number of nitrogens with one attached hydrogen (secondary N) is 1. The van der Waals surface area contributed by atoms with Gasteiger partial charge in [-0.05, 0) is 50.5 Å². The molecule has 3 N–H and O–H groups in total. The first-order chi connectivity index (χ1) is 9.27. The summed E-state index contributed by atoms with van der Waals surface area (Å²) in [6, 6.07) is 3.34. The number of benzene rings is 1. The van der Waals surface area contributed by atoms with Crippen LogP contribution in [0.5, 0.6) is 0 Å². The molecule has 0 heterocycles. The van der Waals surface area contributed by atoms with Crippen molar-refractivity contribution in [1.29, 1.82) is 0 Å². The van der Waals surface area contributed by atoms with Crippen molar-refractivity contribution in [2.75, 3.05) is 5.73 Å². The number of nitrogen functional groups attached to an aromatic ring is 1. The third-order valence-corrected chi connectivity index (χ3v) is 5.24. The minimum absolute atomic E-state index is 0.0529. The molecule has 4 nitrogen and oxygen atoms in total. The van der Waals surface area contributed by atoms with Crippen LogP contribution in [0.4, 0.5) is 5.69 Å². The highest BCUT2D eigenvalue weighted by molar-refractivity contribution is 7.89. The van der Waals surface area contributed by atoms with Crippen LogP contribution in [0.3, 0.4) is 0 Å². The predicted molar refractivity (Wildman–Crippen MR) is 84.3 cm³/mol. The summed E-state index contributed by atoms with van der Waals surface area (Å²) in [6.45, 7) is 7.60. The molecule has 0 saturated heterocycles. The zero-order valence-electron chi connectivity index (χ0n) is 12.9. The Labute approximate surface area is 122 Å². The van der Waals surface area contributed by atoms with Crippen LogP contribution in [0, 0.1) is 13.8 Å². The maximum atomic E-state index is 12.5. The third kappa shape index (κ3) is 4.49. The van der Waals surface area contributed by atoms with Crippen molar-refractivity contribution in [3.8, 4) is 0 Å². The molecular weight excluding hydrogens is 272 g/mol. The number of rotatable bonds is 7. The summed E-state index contributed by atoms with van der Waals surface area (Å²) in [5.74, 6) is 0. The van der Waals surface area contributed by atoms with E-state index >= 15 is 0 Å². The van der Waals surface area contributed by atoms with Gasteiger partial charge in [-0.2, -0.15) is 0 Å². The molecule has 0 radical (unpaired) electrons.